The van der Waals surface area contributed by atoms with E-state index in [9.17, 15) is 9.59 Å². The number of ether oxygens (including phenoxy) is 7. The largest absolute Gasteiger partial charge is 0.500 e. The summed E-state index contributed by atoms with van der Waals surface area (Å²) in [7, 11) is -5.78. The van der Waals surface area contributed by atoms with Gasteiger partial charge < -0.3 is 70.3 Å². The highest BCUT2D eigenvalue weighted by atomic mass is 28.4. The van der Waals surface area contributed by atoms with Gasteiger partial charge in [-0.15, -0.1) is 0 Å². The summed E-state index contributed by atoms with van der Waals surface area (Å²) in [5.41, 5.74) is 7.49. The summed E-state index contributed by atoms with van der Waals surface area (Å²) in [5.74, 6) is 2.30. The molecule has 71 heavy (non-hydrogen) atoms. The first-order valence-corrected chi connectivity index (χ1v) is 29.3. The van der Waals surface area contributed by atoms with Crippen LogP contribution in [-0.2, 0) is 58.3 Å². The molecular formula is C52H80N2O15Si2. The van der Waals surface area contributed by atoms with Crippen molar-refractivity contribution in [2.45, 2.75) is 118 Å². The van der Waals surface area contributed by atoms with Gasteiger partial charge in [0, 0.05) is 64.8 Å². The van der Waals surface area contributed by atoms with Crippen LogP contribution in [0.5, 0.6) is 17.2 Å². The van der Waals surface area contributed by atoms with Crippen molar-refractivity contribution in [2.75, 3.05) is 92.4 Å². The van der Waals surface area contributed by atoms with Crippen molar-refractivity contribution in [3.05, 3.63) is 87.5 Å². The molecule has 3 aromatic carbocycles. The Balaban J connectivity index is 1.26. The van der Waals surface area contributed by atoms with Gasteiger partial charge in [0.25, 0.3) is 0 Å². The lowest BCUT2D eigenvalue weighted by atomic mass is 9.93. The number of hydrogen-bond donors (Lipinski definition) is 2. The highest BCUT2D eigenvalue weighted by molar-refractivity contribution is 6.61. The summed E-state index contributed by atoms with van der Waals surface area (Å²) in [6.07, 6.45) is 0.364. The zero-order valence-electron chi connectivity index (χ0n) is 43.6. The Morgan fingerprint density at radius 3 is 1.65 bits per heavy atom. The first kappa shape index (κ1) is 57.6. The number of hydrogen-bond acceptors (Lipinski definition) is 15. The van der Waals surface area contributed by atoms with Gasteiger partial charge in [0.2, 0.25) is 0 Å². The van der Waals surface area contributed by atoms with Gasteiger partial charge in [0.05, 0.1) is 13.2 Å². The van der Waals surface area contributed by atoms with E-state index in [1.807, 2.05) is 60.6 Å². The minimum atomic E-state index is -2.90. The minimum Gasteiger partial charge on any atom is -0.491 e. The molecule has 0 saturated carbocycles. The Bertz CT molecular complexity index is 2050. The van der Waals surface area contributed by atoms with Crippen molar-refractivity contribution in [1.29, 1.82) is 0 Å². The van der Waals surface area contributed by atoms with E-state index in [4.69, 9.17) is 59.7 Å². The van der Waals surface area contributed by atoms with E-state index in [1.54, 1.807) is 0 Å². The molecule has 5 rings (SSSR count). The maximum absolute atomic E-state index is 13.3. The number of epoxide rings is 2. The molecule has 3 aromatic rings. The molecule has 0 radical (unpaired) electrons. The summed E-state index contributed by atoms with van der Waals surface area (Å²) < 4.78 is 76.9. The van der Waals surface area contributed by atoms with Gasteiger partial charge in [-0.1, -0.05) is 30.3 Å². The average Bonchev–Trinajstić information content (AvgIpc) is 4.30. The van der Waals surface area contributed by atoms with Gasteiger partial charge in [0.15, 0.2) is 6.10 Å². The fourth-order valence-electron chi connectivity index (χ4n) is 8.00. The maximum atomic E-state index is 13.3. The molecule has 2 heterocycles. The van der Waals surface area contributed by atoms with E-state index in [0.29, 0.717) is 110 Å². The molecule has 17 nitrogen and oxygen atoms in total. The van der Waals surface area contributed by atoms with Crippen LogP contribution >= 0.6 is 0 Å². The van der Waals surface area contributed by atoms with Crippen LogP contribution in [0.3, 0.4) is 0 Å². The van der Waals surface area contributed by atoms with Crippen molar-refractivity contribution < 1.29 is 69.3 Å². The fourth-order valence-corrected chi connectivity index (χ4v) is 13.2. The van der Waals surface area contributed by atoms with Crippen LogP contribution in [0.2, 0.25) is 12.1 Å². The van der Waals surface area contributed by atoms with Crippen LogP contribution in [0.1, 0.15) is 93.3 Å². The number of carbonyl (C=O) groups is 2. The smallest absolute Gasteiger partial charge is 0.491 e. The summed E-state index contributed by atoms with van der Waals surface area (Å²) in [4.78, 5) is 26.3. The van der Waals surface area contributed by atoms with Gasteiger partial charge in [-0.3, -0.25) is 0 Å². The highest BCUT2D eigenvalue weighted by Gasteiger charge is 2.41. The van der Waals surface area contributed by atoms with Crippen LogP contribution < -0.4 is 24.8 Å². The Kier molecular flexibility index (Phi) is 24.4. The topological polar surface area (TPSA) is 185 Å². The zero-order chi connectivity index (χ0) is 51.1. The van der Waals surface area contributed by atoms with Crippen molar-refractivity contribution in [3.63, 3.8) is 0 Å². The molecule has 0 bridgehead atoms. The molecule has 0 spiro atoms. The van der Waals surface area contributed by atoms with E-state index in [1.165, 1.54) is 0 Å². The number of benzene rings is 3. The number of rotatable bonds is 36. The molecule has 2 aliphatic rings. The number of carbonyl (C=O) groups excluding carboxylic acids is 2. The van der Waals surface area contributed by atoms with E-state index in [0.717, 1.165) is 57.1 Å². The van der Waals surface area contributed by atoms with E-state index < -0.39 is 35.9 Å². The molecular weight excluding hydrogens is 949 g/mol. The average molecular weight is 1030 g/mol. The lowest BCUT2D eigenvalue weighted by Crippen LogP contribution is -2.46. The molecule has 3 atom stereocenters. The predicted octanol–water partition coefficient (Wildman–Crippen LogP) is 8.43. The third kappa shape index (κ3) is 19.6. The fraction of sp³-hybridized carbons (Fsp3) is 0.615. The van der Waals surface area contributed by atoms with Crippen molar-refractivity contribution in [2.24, 2.45) is 0 Å². The summed E-state index contributed by atoms with van der Waals surface area (Å²) in [5, 5.41) is 5.61. The third-order valence-corrected chi connectivity index (χ3v) is 18.1. The van der Waals surface area contributed by atoms with Crippen LogP contribution in [0.25, 0.3) is 0 Å². The Labute approximate surface area is 423 Å². The SMILES string of the molecule is CCO[Si](CCCNC(=O)OCC(COc1cccc(Cc2cc(Cc3ccc(C)c(OCC4CO4)c3)c(C)c(OCC3CO3)c2)c1C)OC(=O)NCCC[Si](OCC)(OCC)OCC)(OCC)OCC. The molecule has 2 N–H and O–H groups in total. The summed E-state index contributed by atoms with van der Waals surface area (Å²) in [6, 6.07) is 17.7. The van der Waals surface area contributed by atoms with E-state index in [-0.39, 0.29) is 32.0 Å². The second-order valence-electron chi connectivity index (χ2n) is 17.4. The van der Waals surface area contributed by atoms with Crippen molar-refractivity contribution >= 4 is 29.8 Å². The van der Waals surface area contributed by atoms with Crippen molar-refractivity contribution in [3.8, 4) is 17.2 Å². The Hall–Kier alpha value is -4.29. The summed E-state index contributed by atoms with van der Waals surface area (Å²) >= 11 is 0. The Morgan fingerprint density at radius 2 is 1.10 bits per heavy atom. The number of amides is 2. The Morgan fingerprint density at radius 1 is 0.592 bits per heavy atom. The van der Waals surface area contributed by atoms with E-state index in [2.05, 4.69) is 60.9 Å². The summed E-state index contributed by atoms with van der Waals surface area (Å²) in [6.45, 7) is 23.1. The molecule has 2 amide bonds. The molecule has 0 aromatic heterocycles. The molecule has 0 aliphatic carbocycles. The van der Waals surface area contributed by atoms with Crippen LogP contribution in [-0.4, -0.2) is 140 Å². The van der Waals surface area contributed by atoms with Crippen molar-refractivity contribution in [1.82, 2.24) is 10.6 Å². The molecule has 2 saturated heterocycles. The zero-order valence-corrected chi connectivity index (χ0v) is 45.6. The second kappa shape index (κ2) is 30.0. The molecule has 3 unspecified atom stereocenters. The molecule has 2 fully saturated rings. The van der Waals surface area contributed by atoms with Gasteiger partial charge in [-0.2, -0.15) is 0 Å². The molecule has 19 heteroatoms. The highest BCUT2D eigenvalue weighted by Crippen LogP contribution is 2.32. The number of alkyl carbamates (subject to hydrolysis) is 2. The molecule has 2 aliphatic heterocycles. The lowest BCUT2D eigenvalue weighted by Gasteiger charge is -2.28. The quantitative estimate of drug-likeness (QED) is 0.0321. The van der Waals surface area contributed by atoms with Gasteiger partial charge in [-0.25, -0.2) is 9.59 Å². The van der Waals surface area contributed by atoms with Crippen LogP contribution in [0.15, 0.2) is 48.5 Å². The van der Waals surface area contributed by atoms with Gasteiger partial charge in [0.1, 0.15) is 55.9 Å². The van der Waals surface area contributed by atoms with Crippen LogP contribution in [0, 0.1) is 20.8 Å². The number of nitrogens with one attached hydrogen (secondary N) is 2. The monoisotopic (exact) mass is 1030 g/mol. The van der Waals surface area contributed by atoms with Gasteiger partial charge in [-0.05, 0) is 145 Å². The molecule has 396 valence electrons. The first-order valence-electron chi connectivity index (χ1n) is 25.5. The predicted molar refractivity (Wildman–Crippen MR) is 273 cm³/mol. The first-order chi connectivity index (χ1) is 34.4. The third-order valence-electron chi connectivity index (χ3n) is 11.8. The van der Waals surface area contributed by atoms with Crippen LogP contribution in [0.4, 0.5) is 9.59 Å². The lowest BCUT2D eigenvalue weighted by molar-refractivity contribution is 0.0196. The standard InChI is InChI=1S/C52H80N2O15Si2/c1-10-63-70(64-11-2,65-12-3)25-17-23-53-51(55)62-37-47(69-52(56)54-24-18-26-71(66-13-4,67-14-5)68-15-6)36-59-48-20-16-19-43(39(48)8)28-42-29-44(40(9)50(31-42)61-35-46-33-58-46)27-41-22-21-38(7)49(30-41)60-34-45-32-57-45/h16,19-22,29-31,45-47H,10-15,17-18,23-28,32-37H2,1-9H3,(H,53,55)(H,54,56). The van der Waals surface area contributed by atoms with E-state index >= 15 is 0 Å². The van der Waals surface area contributed by atoms with Gasteiger partial charge >= 0.3 is 29.8 Å². The maximum Gasteiger partial charge on any atom is 0.500 e. The minimum absolute atomic E-state index is 0.0862. The number of aryl methyl sites for hydroxylation is 1. The normalized spacial score (nSPS) is 15.7. The second-order valence-corrected chi connectivity index (χ2v) is 22.8.